The van der Waals surface area contributed by atoms with Gasteiger partial charge in [0.05, 0.1) is 5.69 Å². The smallest absolute Gasteiger partial charge is 0.306 e. The second-order valence-corrected chi connectivity index (χ2v) is 9.07. The number of hydrogen-bond acceptors (Lipinski definition) is 7. The standard InChI is InChI=1S/C23H18N4O4S/c1-32(28,29)22-24-11-10-19(25-22)21-20(26-23-27(21)12-13-30-23)17-8-5-9-18(14-17)31-15-16-6-3-2-4-7-16/h2-14H,15H2,1H3. The lowest BCUT2D eigenvalue weighted by molar-refractivity contribution is 0.306. The van der Waals surface area contributed by atoms with Crippen LogP contribution in [0.2, 0.25) is 0 Å². The molecule has 0 radical (unpaired) electrons. The third kappa shape index (κ3) is 3.85. The molecule has 0 saturated heterocycles. The number of hydrogen-bond donors (Lipinski definition) is 0. The van der Waals surface area contributed by atoms with Gasteiger partial charge < -0.3 is 9.15 Å². The summed E-state index contributed by atoms with van der Waals surface area (Å²) < 4.78 is 37.1. The van der Waals surface area contributed by atoms with Gasteiger partial charge in [-0.15, -0.1) is 0 Å². The molecule has 0 aliphatic rings. The van der Waals surface area contributed by atoms with Crippen LogP contribution in [-0.2, 0) is 16.4 Å². The first-order chi connectivity index (χ1) is 15.5. The number of fused-ring (bicyclic) bond motifs is 1. The fraction of sp³-hybridized carbons (Fsp3) is 0.0870. The molecule has 0 bridgehead atoms. The van der Waals surface area contributed by atoms with E-state index in [-0.39, 0.29) is 5.16 Å². The van der Waals surface area contributed by atoms with Gasteiger partial charge in [0.1, 0.15) is 30.0 Å². The van der Waals surface area contributed by atoms with Gasteiger partial charge in [-0.3, -0.25) is 4.40 Å². The van der Waals surface area contributed by atoms with Gasteiger partial charge in [-0.25, -0.2) is 18.4 Å². The summed E-state index contributed by atoms with van der Waals surface area (Å²) in [5, 5.41) is -0.251. The lowest BCUT2D eigenvalue weighted by Gasteiger charge is -2.09. The lowest BCUT2D eigenvalue weighted by Crippen LogP contribution is -2.05. The summed E-state index contributed by atoms with van der Waals surface area (Å²) in [5.74, 6) is 1.05. The van der Waals surface area contributed by atoms with Crippen LogP contribution in [0.5, 0.6) is 5.75 Å². The van der Waals surface area contributed by atoms with E-state index in [9.17, 15) is 8.42 Å². The summed E-state index contributed by atoms with van der Waals surface area (Å²) in [7, 11) is -3.57. The monoisotopic (exact) mass is 446 g/mol. The minimum atomic E-state index is -3.57. The number of rotatable bonds is 6. The Morgan fingerprint density at radius 3 is 2.69 bits per heavy atom. The van der Waals surface area contributed by atoms with Crippen molar-refractivity contribution in [1.82, 2.24) is 19.4 Å². The van der Waals surface area contributed by atoms with E-state index in [1.54, 1.807) is 16.7 Å². The molecule has 0 aliphatic carbocycles. The molecular formula is C23H18N4O4S. The van der Waals surface area contributed by atoms with E-state index in [1.165, 1.54) is 12.5 Å². The molecule has 5 rings (SSSR count). The van der Waals surface area contributed by atoms with Crippen molar-refractivity contribution in [2.75, 3.05) is 6.26 Å². The van der Waals surface area contributed by atoms with Gasteiger partial charge in [0.15, 0.2) is 0 Å². The highest BCUT2D eigenvalue weighted by Gasteiger charge is 2.21. The van der Waals surface area contributed by atoms with Crippen molar-refractivity contribution < 1.29 is 17.6 Å². The van der Waals surface area contributed by atoms with Gasteiger partial charge >= 0.3 is 5.84 Å². The zero-order chi connectivity index (χ0) is 22.1. The number of sulfone groups is 1. The molecule has 0 aliphatic heterocycles. The van der Waals surface area contributed by atoms with Crippen LogP contribution < -0.4 is 4.74 Å². The van der Waals surface area contributed by atoms with E-state index in [0.29, 0.717) is 35.3 Å². The molecule has 0 spiro atoms. The Morgan fingerprint density at radius 2 is 1.88 bits per heavy atom. The average molecular weight is 446 g/mol. The van der Waals surface area contributed by atoms with Gasteiger partial charge in [0.25, 0.3) is 0 Å². The normalized spacial score (nSPS) is 11.7. The Balaban J connectivity index is 1.57. The minimum Gasteiger partial charge on any atom is -0.489 e. The van der Waals surface area contributed by atoms with Crippen molar-refractivity contribution in [3.05, 3.63) is 84.9 Å². The predicted octanol–water partition coefficient (Wildman–Crippen LogP) is 4.03. The van der Waals surface area contributed by atoms with Gasteiger partial charge in [-0.05, 0) is 23.8 Å². The molecule has 8 nitrogen and oxygen atoms in total. The van der Waals surface area contributed by atoms with Crippen molar-refractivity contribution >= 4 is 15.7 Å². The van der Waals surface area contributed by atoms with E-state index in [4.69, 9.17) is 9.15 Å². The number of ether oxygens (including phenoxy) is 1. The van der Waals surface area contributed by atoms with Crippen molar-refractivity contribution in [3.63, 3.8) is 0 Å². The quantitative estimate of drug-likeness (QED) is 0.363. The number of aromatic nitrogens is 4. The van der Waals surface area contributed by atoms with Gasteiger partial charge in [-0.1, -0.05) is 42.5 Å². The van der Waals surface area contributed by atoms with Crippen molar-refractivity contribution in [2.45, 2.75) is 11.8 Å². The zero-order valence-corrected chi connectivity index (χ0v) is 17.9. The zero-order valence-electron chi connectivity index (χ0n) is 17.0. The first kappa shape index (κ1) is 20.0. The largest absolute Gasteiger partial charge is 0.489 e. The minimum absolute atomic E-state index is 0.251. The van der Waals surface area contributed by atoms with Crippen molar-refractivity contribution in [1.29, 1.82) is 0 Å². The van der Waals surface area contributed by atoms with Crippen LogP contribution in [0.4, 0.5) is 0 Å². The molecular weight excluding hydrogens is 428 g/mol. The van der Waals surface area contributed by atoms with E-state index in [2.05, 4.69) is 15.0 Å². The third-order valence-electron chi connectivity index (χ3n) is 4.83. The first-order valence-electron chi connectivity index (χ1n) is 9.75. The molecule has 0 atom stereocenters. The Kier molecular flexibility index (Phi) is 4.95. The fourth-order valence-corrected chi connectivity index (χ4v) is 3.87. The number of oxazole rings is 1. The molecule has 2 aromatic carbocycles. The molecule has 0 unspecified atom stereocenters. The molecule has 0 fully saturated rings. The molecule has 0 N–H and O–H groups in total. The highest BCUT2D eigenvalue weighted by Crippen LogP contribution is 2.34. The predicted molar refractivity (Wildman–Crippen MR) is 118 cm³/mol. The molecule has 32 heavy (non-hydrogen) atoms. The van der Waals surface area contributed by atoms with Crippen LogP contribution in [0.25, 0.3) is 28.5 Å². The summed E-state index contributed by atoms with van der Waals surface area (Å²) in [4.78, 5) is 12.8. The van der Waals surface area contributed by atoms with Crippen LogP contribution >= 0.6 is 0 Å². The van der Waals surface area contributed by atoms with Crippen LogP contribution in [0, 0.1) is 0 Å². The van der Waals surface area contributed by atoms with Gasteiger partial charge in [0.2, 0.25) is 15.0 Å². The maximum atomic E-state index is 12.0. The summed E-state index contributed by atoms with van der Waals surface area (Å²) in [6, 6.07) is 19.1. The van der Waals surface area contributed by atoms with E-state index in [0.717, 1.165) is 17.4 Å². The Bertz CT molecular complexity index is 1510. The fourth-order valence-electron chi connectivity index (χ4n) is 3.36. The molecule has 160 valence electrons. The summed E-state index contributed by atoms with van der Waals surface area (Å²) in [6.45, 7) is 0.437. The van der Waals surface area contributed by atoms with Gasteiger partial charge in [-0.2, -0.15) is 4.98 Å². The van der Waals surface area contributed by atoms with Gasteiger partial charge in [0, 0.05) is 24.2 Å². The molecule has 5 aromatic rings. The second-order valence-electron chi connectivity index (χ2n) is 7.16. The Morgan fingerprint density at radius 1 is 1.03 bits per heavy atom. The van der Waals surface area contributed by atoms with Crippen LogP contribution in [0.3, 0.4) is 0 Å². The summed E-state index contributed by atoms with van der Waals surface area (Å²) in [6.07, 6.45) is 5.71. The summed E-state index contributed by atoms with van der Waals surface area (Å²) in [5.41, 5.74) is 3.45. The molecule has 0 amide bonds. The first-order valence-corrected chi connectivity index (χ1v) is 11.6. The highest BCUT2D eigenvalue weighted by atomic mass is 32.2. The van der Waals surface area contributed by atoms with Crippen LogP contribution in [0.1, 0.15) is 5.56 Å². The molecule has 9 heteroatoms. The molecule has 0 saturated carbocycles. The number of nitrogens with zero attached hydrogens (tertiary/aromatic N) is 4. The average Bonchev–Trinajstić information content (AvgIpc) is 3.39. The van der Waals surface area contributed by atoms with E-state index >= 15 is 0 Å². The highest BCUT2D eigenvalue weighted by molar-refractivity contribution is 7.90. The maximum absolute atomic E-state index is 12.0. The van der Waals surface area contributed by atoms with Crippen molar-refractivity contribution in [3.8, 4) is 28.4 Å². The number of imidazole rings is 1. The molecule has 3 heterocycles. The van der Waals surface area contributed by atoms with Crippen LogP contribution in [0.15, 0.2) is 88.9 Å². The molecule has 3 aromatic heterocycles. The Hall–Kier alpha value is -3.98. The second kappa shape index (κ2) is 7.93. The SMILES string of the molecule is CS(=O)(=O)c1nccc(-c2c(-c3cccc(OCc4ccccc4)c3)nc3occn23)n1. The van der Waals surface area contributed by atoms with Crippen LogP contribution in [-0.4, -0.2) is 34.0 Å². The lowest BCUT2D eigenvalue weighted by atomic mass is 10.1. The number of benzene rings is 2. The van der Waals surface area contributed by atoms with Crippen molar-refractivity contribution in [2.24, 2.45) is 0 Å². The summed E-state index contributed by atoms with van der Waals surface area (Å²) >= 11 is 0. The Labute approximate surface area is 184 Å². The third-order valence-corrected chi connectivity index (χ3v) is 5.69. The maximum Gasteiger partial charge on any atom is 0.306 e. The van der Waals surface area contributed by atoms with E-state index < -0.39 is 9.84 Å². The van der Waals surface area contributed by atoms with E-state index in [1.807, 2.05) is 54.6 Å². The topological polar surface area (TPSA) is 99.6 Å².